The van der Waals surface area contributed by atoms with Gasteiger partial charge in [-0.05, 0) is 44.4 Å². The third kappa shape index (κ3) is 1.19. The molecule has 13 heavy (non-hydrogen) atoms. The molecule has 0 amide bonds. The number of allylic oxidation sites excluding steroid dienone is 2. The monoisotopic (exact) mass is 180 g/mol. The smallest absolute Gasteiger partial charge is 0.309 e. The first-order chi connectivity index (χ1) is 6.01. The lowest BCUT2D eigenvalue weighted by Gasteiger charge is -2.31. The largest absolute Gasteiger partial charge is 0.481 e. The predicted molar refractivity (Wildman–Crippen MR) is 50.3 cm³/mol. The summed E-state index contributed by atoms with van der Waals surface area (Å²) >= 11 is 0. The van der Waals surface area contributed by atoms with Crippen molar-refractivity contribution in [3.8, 4) is 0 Å². The highest BCUT2D eigenvalue weighted by molar-refractivity contribution is 5.74. The van der Waals surface area contributed by atoms with Gasteiger partial charge >= 0.3 is 5.97 Å². The Balaban J connectivity index is 2.19. The molecule has 0 heterocycles. The van der Waals surface area contributed by atoms with Gasteiger partial charge in [0, 0.05) is 0 Å². The van der Waals surface area contributed by atoms with Crippen LogP contribution in [0.2, 0.25) is 0 Å². The molecule has 0 aromatic carbocycles. The third-order valence-corrected chi connectivity index (χ3v) is 3.76. The Labute approximate surface area is 78.6 Å². The molecular weight excluding hydrogens is 164 g/mol. The normalized spacial score (nSPS) is 36.9. The van der Waals surface area contributed by atoms with Crippen molar-refractivity contribution < 1.29 is 9.90 Å². The molecule has 2 aliphatic carbocycles. The van der Waals surface area contributed by atoms with E-state index in [2.05, 4.69) is 12.2 Å². The van der Waals surface area contributed by atoms with Gasteiger partial charge in [0.15, 0.2) is 0 Å². The summed E-state index contributed by atoms with van der Waals surface area (Å²) in [5.74, 6) is 0.878. The molecule has 0 radical (unpaired) electrons. The standard InChI is InChI=1S/C11H16O2/c1-11(2,10(12)13)9-6-7-3-4-8(9)5-7/h3-4,7-9H,5-6H2,1-2H3,(H,12,13). The molecule has 2 bridgehead atoms. The first-order valence-corrected chi connectivity index (χ1v) is 4.93. The summed E-state index contributed by atoms with van der Waals surface area (Å²) in [7, 11) is 0. The Bertz CT molecular complexity index is 265. The Morgan fingerprint density at radius 3 is 2.46 bits per heavy atom. The van der Waals surface area contributed by atoms with Crippen LogP contribution < -0.4 is 0 Å². The first-order valence-electron chi connectivity index (χ1n) is 4.93. The van der Waals surface area contributed by atoms with Crippen LogP contribution in [-0.2, 0) is 4.79 Å². The molecule has 0 saturated heterocycles. The van der Waals surface area contributed by atoms with Crippen LogP contribution in [0.3, 0.4) is 0 Å². The van der Waals surface area contributed by atoms with Crippen LogP contribution in [0.1, 0.15) is 26.7 Å². The van der Waals surface area contributed by atoms with Gasteiger partial charge in [-0.2, -0.15) is 0 Å². The van der Waals surface area contributed by atoms with E-state index in [1.54, 1.807) is 0 Å². The van der Waals surface area contributed by atoms with E-state index in [-0.39, 0.29) is 0 Å². The van der Waals surface area contributed by atoms with E-state index in [0.717, 1.165) is 6.42 Å². The maximum atomic E-state index is 11.1. The minimum Gasteiger partial charge on any atom is -0.481 e. The van der Waals surface area contributed by atoms with Crippen LogP contribution in [0.25, 0.3) is 0 Å². The number of aliphatic carboxylic acids is 1. The minimum absolute atomic E-state index is 0.347. The van der Waals surface area contributed by atoms with Gasteiger partial charge in [-0.1, -0.05) is 12.2 Å². The van der Waals surface area contributed by atoms with Crippen LogP contribution in [-0.4, -0.2) is 11.1 Å². The maximum Gasteiger partial charge on any atom is 0.309 e. The molecule has 0 aliphatic heterocycles. The molecule has 2 aliphatic rings. The van der Waals surface area contributed by atoms with E-state index in [0.29, 0.717) is 17.8 Å². The van der Waals surface area contributed by atoms with Crippen molar-refractivity contribution in [1.29, 1.82) is 0 Å². The molecule has 2 rings (SSSR count). The SMILES string of the molecule is CC(C)(C(=O)O)C1CC2C=CC1C2. The number of fused-ring (bicyclic) bond motifs is 2. The molecule has 2 heteroatoms. The fraction of sp³-hybridized carbons (Fsp3) is 0.727. The van der Waals surface area contributed by atoms with Crippen molar-refractivity contribution in [2.75, 3.05) is 0 Å². The topological polar surface area (TPSA) is 37.3 Å². The highest BCUT2D eigenvalue weighted by Crippen LogP contribution is 2.51. The first kappa shape index (κ1) is 8.79. The highest BCUT2D eigenvalue weighted by Gasteiger charge is 2.47. The Hall–Kier alpha value is -0.790. The summed E-state index contributed by atoms with van der Waals surface area (Å²) in [6.07, 6.45) is 6.71. The van der Waals surface area contributed by atoms with E-state index in [1.807, 2.05) is 13.8 Å². The number of carbonyl (C=O) groups is 1. The van der Waals surface area contributed by atoms with Gasteiger partial charge in [-0.25, -0.2) is 0 Å². The highest BCUT2D eigenvalue weighted by atomic mass is 16.4. The van der Waals surface area contributed by atoms with Crippen molar-refractivity contribution in [1.82, 2.24) is 0 Å². The zero-order chi connectivity index (χ0) is 9.64. The lowest BCUT2D eigenvalue weighted by atomic mass is 9.72. The van der Waals surface area contributed by atoms with E-state index in [9.17, 15) is 4.79 Å². The number of hydrogen-bond acceptors (Lipinski definition) is 1. The number of rotatable bonds is 2. The fourth-order valence-corrected chi connectivity index (χ4v) is 2.77. The van der Waals surface area contributed by atoms with Gasteiger partial charge in [0.25, 0.3) is 0 Å². The number of carboxylic acids is 1. The molecule has 1 saturated carbocycles. The summed E-state index contributed by atoms with van der Waals surface area (Å²) in [6, 6.07) is 0. The second-order valence-corrected chi connectivity index (χ2v) is 4.91. The second-order valence-electron chi connectivity index (χ2n) is 4.91. The molecule has 1 N–H and O–H groups in total. The van der Waals surface area contributed by atoms with Crippen LogP contribution in [0.5, 0.6) is 0 Å². The lowest BCUT2D eigenvalue weighted by molar-refractivity contribution is -0.150. The van der Waals surface area contributed by atoms with E-state index in [1.165, 1.54) is 6.42 Å². The van der Waals surface area contributed by atoms with Gasteiger partial charge in [0.2, 0.25) is 0 Å². The summed E-state index contributed by atoms with van der Waals surface area (Å²) < 4.78 is 0. The van der Waals surface area contributed by atoms with Gasteiger partial charge < -0.3 is 5.11 Å². The number of hydrogen-bond donors (Lipinski definition) is 1. The van der Waals surface area contributed by atoms with Gasteiger partial charge in [-0.3, -0.25) is 4.79 Å². The third-order valence-electron chi connectivity index (χ3n) is 3.76. The molecule has 72 valence electrons. The van der Waals surface area contributed by atoms with E-state index < -0.39 is 11.4 Å². The molecule has 3 atom stereocenters. The second kappa shape index (κ2) is 2.60. The van der Waals surface area contributed by atoms with Crippen LogP contribution in [0.4, 0.5) is 0 Å². The summed E-state index contributed by atoms with van der Waals surface area (Å²) in [5, 5.41) is 9.11. The summed E-state index contributed by atoms with van der Waals surface area (Å²) in [5.41, 5.74) is -0.551. The maximum absolute atomic E-state index is 11.1. The van der Waals surface area contributed by atoms with Crippen molar-refractivity contribution in [3.63, 3.8) is 0 Å². The van der Waals surface area contributed by atoms with Crippen molar-refractivity contribution >= 4 is 5.97 Å². The zero-order valence-electron chi connectivity index (χ0n) is 8.16. The van der Waals surface area contributed by atoms with E-state index >= 15 is 0 Å². The average Bonchev–Trinajstić information content (AvgIpc) is 2.63. The Morgan fingerprint density at radius 2 is 2.08 bits per heavy atom. The Morgan fingerprint density at radius 1 is 1.38 bits per heavy atom. The van der Waals surface area contributed by atoms with Crippen LogP contribution >= 0.6 is 0 Å². The van der Waals surface area contributed by atoms with Crippen molar-refractivity contribution in [3.05, 3.63) is 12.2 Å². The Kier molecular flexibility index (Phi) is 1.76. The van der Waals surface area contributed by atoms with E-state index in [4.69, 9.17) is 5.11 Å². The molecule has 1 fully saturated rings. The molecule has 0 spiro atoms. The minimum atomic E-state index is -0.654. The van der Waals surface area contributed by atoms with Gasteiger partial charge in [-0.15, -0.1) is 0 Å². The van der Waals surface area contributed by atoms with Crippen LogP contribution in [0, 0.1) is 23.2 Å². The predicted octanol–water partition coefficient (Wildman–Crippen LogP) is 2.31. The van der Waals surface area contributed by atoms with Crippen molar-refractivity contribution in [2.24, 2.45) is 23.2 Å². The average molecular weight is 180 g/mol. The zero-order valence-corrected chi connectivity index (χ0v) is 8.16. The van der Waals surface area contributed by atoms with Crippen LogP contribution in [0.15, 0.2) is 12.2 Å². The molecule has 0 aromatic rings. The van der Waals surface area contributed by atoms with Crippen molar-refractivity contribution in [2.45, 2.75) is 26.7 Å². The van der Waals surface area contributed by atoms with Gasteiger partial charge in [0.05, 0.1) is 5.41 Å². The quantitative estimate of drug-likeness (QED) is 0.662. The summed E-state index contributed by atoms with van der Waals surface area (Å²) in [6.45, 7) is 3.71. The lowest BCUT2D eigenvalue weighted by Crippen LogP contribution is -2.35. The van der Waals surface area contributed by atoms with Gasteiger partial charge in [0.1, 0.15) is 0 Å². The molecule has 0 aromatic heterocycles. The fourth-order valence-electron chi connectivity index (χ4n) is 2.77. The molecule has 2 nitrogen and oxygen atoms in total. The molecule has 3 unspecified atom stereocenters. The summed E-state index contributed by atoms with van der Waals surface area (Å²) in [4.78, 5) is 11.1. The molecular formula is C11H16O2. The number of carboxylic acid groups (broad SMARTS) is 1.